The standard InChI is InChI=1S/C12H19NO/c1-4-11(13)10-8-9(3)6-7-12(10)14-5-2/h6-8,11H,4-5,13H2,1-3H3/t11-/m0/s1. The fourth-order valence-electron chi connectivity index (χ4n) is 1.46. The van der Waals surface area contributed by atoms with Gasteiger partial charge in [0.05, 0.1) is 6.61 Å². The largest absolute Gasteiger partial charge is 0.494 e. The van der Waals surface area contributed by atoms with Crippen molar-refractivity contribution < 1.29 is 4.74 Å². The van der Waals surface area contributed by atoms with E-state index >= 15 is 0 Å². The Morgan fingerprint density at radius 3 is 2.64 bits per heavy atom. The molecular weight excluding hydrogens is 174 g/mol. The van der Waals surface area contributed by atoms with E-state index in [1.165, 1.54) is 5.56 Å². The van der Waals surface area contributed by atoms with E-state index in [0.29, 0.717) is 6.61 Å². The summed E-state index contributed by atoms with van der Waals surface area (Å²) in [5, 5.41) is 0. The van der Waals surface area contributed by atoms with Crippen LogP contribution in [-0.2, 0) is 0 Å². The van der Waals surface area contributed by atoms with Gasteiger partial charge in [-0.1, -0.05) is 24.6 Å². The molecule has 1 atom stereocenters. The lowest BCUT2D eigenvalue weighted by Gasteiger charge is -2.15. The van der Waals surface area contributed by atoms with Crippen molar-refractivity contribution in [2.45, 2.75) is 33.2 Å². The molecule has 0 radical (unpaired) electrons. The van der Waals surface area contributed by atoms with Crippen LogP contribution in [0.5, 0.6) is 5.75 Å². The van der Waals surface area contributed by atoms with E-state index < -0.39 is 0 Å². The molecule has 0 aromatic heterocycles. The first-order chi connectivity index (χ1) is 6.69. The lowest BCUT2D eigenvalue weighted by atomic mass is 10.0. The number of hydrogen-bond donors (Lipinski definition) is 1. The Morgan fingerprint density at radius 1 is 1.36 bits per heavy atom. The second-order valence-electron chi connectivity index (χ2n) is 3.49. The van der Waals surface area contributed by atoms with Crippen molar-refractivity contribution in [3.63, 3.8) is 0 Å². The maximum absolute atomic E-state index is 6.01. The van der Waals surface area contributed by atoms with Gasteiger partial charge < -0.3 is 10.5 Å². The zero-order valence-electron chi connectivity index (χ0n) is 9.21. The molecular formula is C12H19NO. The summed E-state index contributed by atoms with van der Waals surface area (Å²) in [6.45, 7) is 6.83. The highest BCUT2D eigenvalue weighted by Crippen LogP contribution is 2.26. The van der Waals surface area contributed by atoms with Gasteiger partial charge in [-0.05, 0) is 26.3 Å². The summed E-state index contributed by atoms with van der Waals surface area (Å²) in [7, 11) is 0. The van der Waals surface area contributed by atoms with Crippen LogP contribution in [-0.4, -0.2) is 6.61 Å². The second-order valence-corrected chi connectivity index (χ2v) is 3.49. The minimum atomic E-state index is 0.0800. The third-order valence-electron chi connectivity index (χ3n) is 2.30. The molecule has 0 heterocycles. The first-order valence-corrected chi connectivity index (χ1v) is 5.18. The third kappa shape index (κ3) is 2.48. The molecule has 14 heavy (non-hydrogen) atoms. The molecule has 0 bridgehead atoms. The quantitative estimate of drug-likeness (QED) is 0.798. The fraction of sp³-hybridized carbons (Fsp3) is 0.500. The van der Waals surface area contributed by atoms with Crippen LogP contribution in [0.25, 0.3) is 0 Å². The molecule has 1 aromatic carbocycles. The minimum Gasteiger partial charge on any atom is -0.494 e. The minimum absolute atomic E-state index is 0.0800. The molecule has 1 aromatic rings. The second kappa shape index (κ2) is 5.01. The zero-order valence-corrected chi connectivity index (χ0v) is 9.21. The number of ether oxygens (including phenoxy) is 1. The fourth-order valence-corrected chi connectivity index (χ4v) is 1.46. The van der Waals surface area contributed by atoms with E-state index in [-0.39, 0.29) is 6.04 Å². The highest BCUT2D eigenvalue weighted by molar-refractivity contribution is 5.38. The van der Waals surface area contributed by atoms with Crippen LogP contribution >= 0.6 is 0 Å². The predicted octanol–water partition coefficient (Wildman–Crippen LogP) is 2.80. The van der Waals surface area contributed by atoms with Gasteiger partial charge in [-0.25, -0.2) is 0 Å². The summed E-state index contributed by atoms with van der Waals surface area (Å²) in [5.74, 6) is 0.924. The van der Waals surface area contributed by atoms with Gasteiger partial charge in [0.25, 0.3) is 0 Å². The molecule has 0 aliphatic carbocycles. The molecule has 0 unspecified atom stereocenters. The van der Waals surface area contributed by atoms with Gasteiger partial charge in [-0.2, -0.15) is 0 Å². The van der Waals surface area contributed by atoms with Crippen LogP contribution in [0.1, 0.15) is 37.4 Å². The maximum atomic E-state index is 6.01. The molecule has 0 aliphatic heterocycles. The first-order valence-electron chi connectivity index (χ1n) is 5.18. The van der Waals surface area contributed by atoms with E-state index in [2.05, 4.69) is 26.0 Å². The average Bonchev–Trinajstić information content (AvgIpc) is 2.20. The summed E-state index contributed by atoms with van der Waals surface area (Å²) in [4.78, 5) is 0. The molecule has 0 amide bonds. The van der Waals surface area contributed by atoms with E-state index in [1.54, 1.807) is 0 Å². The molecule has 2 heteroatoms. The molecule has 0 fully saturated rings. The number of nitrogens with two attached hydrogens (primary N) is 1. The maximum Gasteiger partial charge on any atom is 0.124 e. The summed E-state index contributed by atoms with van der Waals surface area (Å²) >= 11 is 0. The van der Waals surface area contributed by atoms with Crippen molar-refractivity contribution in [2.24, 2.45) is 5.73 Å². The Labute approximate surface area is 86.1 Å². The summed E-state index contributed by atoms with van der Waals surface area (Å²) in [6.07, 6.45) is 0.934. The van der Waals surface area contributed by atoms with Gasteiger partial charge in [0, 0.05) is 11.6 Å². The monoisotopic (exact) mass is 193 g/mol. The third-order valence-corrected chi connectivity index (χ3v) is 2.30. The molecule has 78 valence electrons. The van der Waals surface area contributed by atoms with Crippen LogP contribution in [0.2, 0.25) is 0 Å². The lowest BCUT2D eigenvalue weighted by molar-refractivity contribution is 0.333. The number of hydrogen-bond acceptors (Lipinski definition) is 2. The first kappa shape index (κ1) is 11.1. The Balaban J connectivity index is 3.02. The normalized spacial score (nSPS) is 12.6. The van der Waals surface area contributed by atoms with Crippen molar-refractivity contribution in [3.8, 4) is 5.75 Å². The van der Waals surface area contributed by atoms with Crippen LogP contribution < -0.4 is 10.5 Å². The Kier molecular flexibility index (Phi) is 3.96. The Bertz CT molecular complexity index is 296. The van der Waals surface area contributed by atoms with E-state index in [9.17, 15) is 0 Å². The van der Waals surface area contributed by atoms with Crippen molar-refractivity contribution in [3.05, 3.63) is 29.3 Å². The number of benzene rings is 1. The molecule has 1 rings (SSSR count). The van der Waals surface area contributed by atoms with Crippen LogP contribution in [0, 0.1) is 6.92 Å². The van der Waals surface area contributed by atoms with Crippen molar-refractivity contribution in [1.29, 1.82) is 0 Å². The highest BCUT2D eigenvalue weighted by Gasteiger charge is 2.10. The smallest absolute Gasteiger partial charge is 0.124 e. The highest BCUT2D eigenvalue weighted by atomic mass is 16.5. The number of rotatable bonds is 4. The molecule has 0 saturated carbocycles. The van der Waals surface area contributed by atoms with Gasteiger partial charge in [0.2, 0.25) is 0 Å². The number of aryl methyl sites for hydroxylation is 1. The van der Waals surface area contributed by atoms with Crippen molar-refractivity contribution >= 4 is 0 Å². The Hall–Kier alpha value is -1.02. The van der Waals surface area contributed by atoms with Crippen LogP contribution in [0.15, 0.2) is 18.2 Å². The van der Waals surface area contributed by atoms with Gasteiger partial charge in [0.1, 0.15) is 5.75 Å². The SMILES string of the molecule is CCOc1ccc(C)cc1[C@@H](N)CC. The molecule has 0 aliphatic rings. The van der Waals surface area contributed by atoms with Gasteiger partial charge in [-0.3, -0.25) is 0 Å². The van der Waals surface area contributed by atoms with Crippen LogP contribution in [0.4, 0.5) is 0 Å². The average molecular weight is 193 g/mol. The van der Waals surface area contributed by atoms with E-state index in [4.69, 9.17) is 10.5 Å². The van der Waals surface area contributed by atoms with Crippen molar-refractivity contribution in [1.82, 2.24) is 0 Å². The van der Waals surface area contributed by atoms with Crippen molar-refractivity contribution in [2.75, 3.05) is 6.61 Å². The zero-order chi connectivity index (χ0) is 10.6. The topological polar surface area (TPSA) is 35.2 Å². The van der Waals surface area contributed by atoms with Gasteiger partial charge in [-0.15, -0.1) is 0 Å². The van der Waals surface area contributed by atoms with Gasteiger partial charge >= 0.3 is 0 Å². The summed E-state index contributed by atoms with van der Waals surface area (Å²) < 4.78 is 5.53. The molecule has 0 spiro atoms. The predicted molar refractivity (Wildman–Crippen MR) is 59.6 cm³/mol. The van der Waals surface area contributed by atoms with E-state index in [1.807, 2.05) is 13.0 Å². The Morgan fingerprint density at radius 2 is 2.07 bits per heavy atom. The molecule has 2 nitrogen and oxygen atoms in total. The van der Waals surface area contributed by atoms with E-state index in [0.717, 1.165) is 17.7 Å². The van der Waals surface area contributed by atoms with Crippen LogP contribution in [0.3, 0.4) is 0 Å². The summed E-state index contributed by atoms with van der Waals surface area (Å²) in [6, 6.07) is 6.25. The van der Waals surface area contributed by atoms with Gasteiger partial charge in [0.15, 0.2) is 0 Å². The lowest BCUT2D eigenvalue weighted by Crippen LogP contribution is -2.11. The summed E-state index contributed by atoms with van der Waals surface area (Å²) in [5.41, 5.74) is 8.36. The molecule has 0 saturated heterocycles. The molecule has 2 N–H and O–H groups in total.